The number of nitrogens with zero attached hydrogens (tertiary/aromatic N) is 2. The van der Waals surface area contributed by atoms with Gasteiger partial charge in [-0.15, -0.1) is 0 Å². The minimum Gasteiger partial charge on any atom is -0.397 e. The van der Waals surface area contributed by atoms with Crippen LogP contribution in [0.5, 0.6) is 0 Å². The van der Waals surface area contributed by atoms with Gasteiger partial charge in [-0.25, -0.2) is 4.98 Å². The van der Waals surface area contributed by atoms with Crippen LogP contribution in [-0.4, -0.2) is 10.9 Å². The Morgan fingerprint density at radius 3 is 2.50 bits per heavy atom. The molecule has 3 rings (SSSR count). The number of hydrogen-bond donors (Lipinski definition) is 3. The van der Waals surface area contributed by atoms with Crippen molar-refractivity contribution >= 4 is 23.1 Å². The van der Waals surface area contributed by atoms with E-state index in [1.165, 1.54) is 6.20 Å². The van der Waals surface area contributed by atoms with Crippen LogP contribution in [0.25, 0.3) is 0 Å². The highest BCUT2D eigenvalue weighted by atomic mass is 16.1. The molecule has 6 heteroatoms. The van der Waals surface area contributed by atoms with Crippen molar-refractivity contribution in [2.24, 2.45) is 0 Å². The van der Waals surface area contributed by atoms with Crippen LogP contribution in [0.2, 0.25) is 0 Å². The first-order valence-electron chi connectivity index (χ1n) is 8.00. The van der Waals surface area contributed by atoms with E-state index in [4.69, 9.17) is 11.0 Å². The standard InChI is InChI=1S/C20H17N5O/c21-11-15-7-10-19(24-13-15)23-12-14-5-8-16(9-6-14)20(26)25-18-4-2-1-3-17(18)22/h1-10,13H,12,22H2,(H,23,24)(H,25,26). The van der Waals surface area contributed by atoms with E-state index in [0.29, 0.717) is 34.9 Å². The second-order valence-electron chi connectivity index (χ2n) is 5.64. The molecule has 0 saturated heterocycles. The Morgan fingerprint density at radius 2 is 1.85 bits per heavy atom. The van der Waals surface area contributed by atoms with E-state index in [1.54, 1.807) is 36.4 Å². The molecule has 26 heavy (non-hydrogen) atoms. The summed E-state index contributed by atoms with van der Waals surface area (Å²) in [6, 6.07) is 19.9. The first-order valence-corrected chi connectivity index (χ1v) is 8.00. The van der Waals surface area contributed by atoms with Gasteiger partial charge in [0.05, 0.1) is 16.9 Å². The number of nitrogen functional groups attached to an aromatic ring is 1. The van der Waals surface area contributed by atoms with Gasteiger partial charge in [-0.1, -0.05) is 24.3 Å². The topological polar surface area (TPSA) is 104 Å². The fraction of sp³-hybridized carbons (Fsp3) is 0.0500. The molecule has 1 heterocycles. The zero-order chi connectivity index (χ0) is 18.4. The molecule has 0 unspecified atom stereocenters. The van der Waals surface area contributed by atoms with Gasteiger partial charge in [-0.05, 0) is 42.0 Å². The van der Waals surface area contributed by atoms with Gasteiger partial charge in [-0.2, -0.15) is 5.26 Å². The quantitative estimate of drug-likeness (QED) is 0.616. The van der Waals surface area contributed by atoms with Gasteiger partial charge in [0.2, 0.25) is 0 Å². The second kappa shape index (κ2) is 7.81. The maximum Gasteiger partial charge on any atom is 0.255 e. The third kappa shape index (κ3) is 4.16. The van der Waals surface area contributed by atoms with E-state index < -0.39 is 0 Å². The summed E-state index contributed by atoms with van der Waals surface area (Å²) >= 11 is 0. The predicted octanol–water partition coefficient (Wildman–Crippen LogP) is 3.40. The first-order chi connectivity index (χ1) is 12.7. The highest BCUT2D eigenvalue weighted by Gasteiger charge is 2.07. The summed E-state index contributed by atoms with van der Waals surface area (Å²) < 4.78 is 0. The van der Waals surface area contributed by atoms with Crippen LogP contribution in [0.15, 0.2) is 66.9 Å². The largest absolute Gasteiger partial charge is 0.397 e. The summed E-state index contributed by atoms with van der Waals surface area (Å²) in [6.07, 6.45) is 1.52. The highest BCUT2D eigenvalue weighted by molar-refractivity contribution is 6.05. The van der Waals surface area contributed by atoms with Crippen LogP contribution < -0.4 is 16.4 Å². The molecule has 128 valence electrons. The van der Waals surface area contributed by atoms with E-state index in [9.17, 15) is 4.79 Å². The van der Waals surface area contributed by atoms with Crippen molar-refractivity contribution in [1.82, 2.24) is 4.98 Å². The molecule has 1 amide bonds. The lowest BCUT2D eigenvalue weighted by atomic mass is 10.1. The van der Waals surface area contributed by atoms with Crippen LogP contribution in [-0.2, 0) is 6.54 Å². The number of aromatic nitrogens is 1. The summed E-state index contributed by atoms with van der Waals surface area (Å²) in [5, 5.41) is 14.7. The molecule has 0 fully saturated rings. The van der Waals surface area contributed by atoms with Crippen molar-refractivity contribution in [2.75, 3.05) is 16.4 Å². The Morgan fingerprint density at radius 1 is 1.08 bits per heavy atom. The SMILES string of the molecule is N#Cc1ccc(NCc2ccc(C(=O)Nc3ccccc3N)cc2)nc1. The Labute approximate surface area is 151 Å². The van der Waals surface area contributed by atoms with Gasteiger partial charge >= 0.3 is 0 Å². The third-order valence-corrected chi connectivity index (χ3v) is 3.79. The Balaban J connectivity index is 1.60. The molecular formula is C20H17N5O. The number of rotatable bonds is 5. The number of carbonyl (C=O) groups excluding carboxylic acids is 1. The van der Waals surface area contributed by atoms with Crippen molar-refractivity contribution in [2.45, 2.75) is 6.54 Å². The molecule has 2 aromatic carbocycles. The first kappa shape index (κ1) is 17.0. The lowest BCUT2D eigenvalue weighted by Gasteiger charge is -2.09. The van der Waals surface area contributed by atoms with E-state index in [0.717, 1.165) is 5.56 Å². The lowest BCUT2D eigenvalue weighted by Crippen LogP contribution is -2.13. The average Bonchev–Trinajstić information content (AvgIpc) is 2.69. The van der Waals surface area contributed by atoms with Crippen molar-refractivity contribution in [3.8, 4) is 6.07 Å². The number of nitriles is 1. The normalized spacial score (nSPS) is 9.96. The van der Waals surface area contributed by atoms with E-state index in [1.807, 2.05) is 30.3 Å². The van der Waals surface area contributed by atoms with Crippen molar-refractivity contribution in [3.05, 3.63) is 83.6 Å². The fourth-order valence-electron chi connectivity index (χ4n) is 2.34. The smallest absolute Gasteiger partial charge is 0.255 e. The fourth-order valence-corrected chi connectivity index (χ4v) is 2.34. The van der Waals surface area contributed by atoms with Gasteiger partial charge < -0.3 is 16.4 Å². The van der Waals surface area contributed by atoms with Gasteiger partial charge in [0, 0.05) is 18.3 Å². The molecule has 0 aliphatic heterocycles. The maximum atomic E-state index is 12.3. The van der Waals surface area contributed by atoms with Gasteiger partial charge in [0.15, 0.2) is 0 Å². The molecule has 0 spiro atoms. The van der Waals surface area contributed by atoms with E-state index >= 15 is 0 Å². The van der Waals surface area contributed by atoms with E-state index in [-0.39, 0.29) is 5.91 Å². The lowest BCUT2D eigenvalue weighted by molar-refractivity contribution is 0.102. The van der Waals surface area contributed by atoms with Crippen LogP contribution in [0, 0.1) is 11.3 Å². The number of anilines is 3. The molecule has 0 saturated carbocycles. The zero-order valence-corrected chi connectivity index (χ0v) is 13.9. The van der Waals surface area contributed by atoms with Crippen LogP contribution in [0.3, 0.4) is 0 Å². The number of para-hydroxylation sites is 2. The summed E-state index contributed by atoms with van der Waals surface area (Å²) in [7, 11) is 0. The third-order valence-electron chi connectivity index (χ3n) is 3.79. The minimum absolute atomic E-state index is 0.212. The van der Waals surface area contributed by atoms with Crippen LogP contribution >= 0.6 is 0 Å². The summed E-state index contributed by atoms with van der Waals surface area (Å²) in [6.45, 7) is 0.562. The Bertz CT molecular complexity index is 943. The molecule has 3 aromatic rings. The molecule has 6 nitrogen and oxygen atoms in total. The van der Waals surface area contributed by atoms with Gasteiger partial charge in [-0.3, -0.25) is 4.79 Å². The van der Waals surface area contributed by atoms with Crippen molar-refractivity contribution in [1.29, 1.82) is 5.26 Å². The summed E-state index contributed by atoms with van der Waals surface area (Å²) in [5.74, 6) is 0.474. The number of carbonyl (C=O) groups is 1. The second-order valence-corrected chi connectivity index (χ2v) is 5.64. The number of pyridine rings is 1. The van der Waals surface area contributed by atoms with Gasteiger partial charge in [0.25, 0.3) is 5.91 Å². The Kier molecular flexibility index (Phi) is 5.11. The number of hydrogen-bond acceptors (Lipinski definition) is 5. The summed E-state index contributed by atoms with van der Waals surface area (Å²) in [5.41, 5.74) is 9.03. The van der Waals surface area contributed by atoms with Crippen LogP contribution in [0.1, 0.15) is 21.5 Å². The predicted molar refractivity (Wildman–Crippen MR) is 102 cm³/mol. The molecule has 0 radical (unpaired) electrons. The average molecular weight is 343 g/mol. The minimum atomic E-state index is -0.212. The van der Waals surface area contributed by atoms with Gasteiger partial charge in [0.1, 0.15) is 11.9 Å². The molecular weight excluding hydrogens is 326 g/mol. The molecule has 1 aromatic heterocycles. The molecule has 0 aliphatic carbocycles. The number of benzene rings is 2. The zero-order valence-electron chi connectivity index (χ0n) is 13.9. The monoisotopic (exact) mass is 343 g/mol. The molecule has 0 atom stereocenters. The molecule has 4 N–H and O–H groups in total. The highest BCUT2D eigenvalue weighted by Crippen LogP contribution is 2.18. The van der Waals surface area contributed by atoms with E-state index in [2.05, 4.69) is 15.6 Å². The van der Waals surface area contributed by atoms with Crippen LogP contribution in [0.4, 0.5) is 17.2 Å². The number of amides is 1. The molecule has 0 bridgehead atoms. The summed E-state index contributed by atoms with van der Waals surface area (Å²) in [4.78, 5) is 16.5. The maximum absolute atomic E-state index is 12.3. The Hall–Kier alpha value is -3.85. The molecule has 0 aliphatic rings. The number of nitrogens with one attached hydrogen (secondary N) is 2. The number of nitrogens with two attached hydrogens (primary N) is 1. The van der Waals surface area contributed by atoms with Crippen molar-refractivity contribution in [3.63, 3.8) is 0 Å². The van der Waals surface area contributed by atoms with Crippen molar-refractivity contribution < 1.29 is 4.79 Å².